The van der Waals surface area contributed by atoms with E-state index >= 15 is 0 Å². The lowest BCUT2D eigenvalue weighted by Gasteiger charge is -2.12. The second kappa shape index (κ2) is 6.70. The van der Waals surface area contributed by atoms with Gasteiger partial charge in [-0.05, 0) is 25.5 Å². The molecule has 1 heterocycles. The van der Waals surface area contributed by atoms with Crippen LogP contribution in [-0.2, 0) is 4.74 Å². The summed E-state index contributed by atoms with van der Waals surface area (Å²) in [6.07, 6.45) is 1.87. The molecule has 0 bridgehead atoms. The van der Waals surface area contributed by atoms with Crippen molar-refractivity contribution in [1.82, 2.24) is 10.3 Å². The summed E-state index contributed by atoms with van der Waals surface area (Å²) in [5.41, 5.74) is 0.253. The first-order valence-corrected chi connectivity index (χ1v) is 5.53. The van der Waals surface area contributed by atoms with Crippen molar-refractivity contribution in [1.29, 1.82) is 0 Å². The molecular formula is C12H16N2O4. The van der Waals surface area contributed by atoms with E-state index in [0.717, 1.165) is 6.20 Å². The monoisotopic (exact) mass is 252 g/mol. The van der Waals surface area contributed by atoms with Gasteiger partial charge in [0, 0.05) is 26.0 Å². The Balaban J connectivity index is 2.58. The van der Waals surface area contributed by atoms with Crippen LogP contribution in [0.1, 0.15) is 34.2 Å². The van der Waals surface area contributed by atoms with Crippen molar-refractivity contribution in [2.24, 2.45) is 0 Å². The third-order valence-corrected chi connectivity index (χ3v) is 2.38. The van der Waals surface area contributed by atoms with E-state index in [1.165, 1.54) is 12.1 Å². The van der Waals surface area contributed by atoms with Crippen LogP contribution in [-0.4, -0.2) is 41.7 Å². The van der Waals surface area contributed by atoms with Crippen molar-refractivity contribution in [2.75, 3.05) is 13.7 Å². The molecule has 0 aliphatic rings. The minimum Gasteiger partial charge on any atom is -0.478 e. The Labute approximate surface area is 105 Å². The summed E-state index contributed by atoms with van der Waals surface area (Å²) < 4.78 is 4.91. The Bertz CT molecular complexity index is 417. The molecule has 98 valence electrons. The summed E-state index contributed by atoms with van der Waals surface area (Å²) in [7, 11) is 1.60. The van der Waals surface area contributed by atoms with Gasteiger partial charge in [0.25, 0.3) is 5.91 Å². The van der Waals surface area contributed by atoms with Crippen LogP contribution in [0, 0.1) is 0 Å². The van der Waals surface area contributed by atoms with E-state index in [4.69, 9.17) is 9.84 Å². The normalized spacial score (nSPS) is 11.9. The van der Waals surface area contributed by atoms with Gasteiger partial charge in [-0.1, -0.05) is 0 Å². The highest BCUT2D eigenvalue weighted by Gasteiger charge is 2.11. The number of amides is 1. The summed E-state index contributed by atoms with van der Waals surface area (Å²) in [6, 6.07) is 2.71. The fourth-order valence-corrected chi connectivity index (χ4v) is 1.32. The molecule has 0 aliphatic carbocycles. The van der Waals surface area contributed by atoms with Crippen LogP contribution in [0.3, 0.4) is 0 Å². The molecule has 1 amide bonds. The quantitative estimate of drug-likeness (QED) is 0.786. The first-order valence-electron chi connectivity index (χ1n) is 5.53. The maximum Gasteiger partial charge on any atom is 0.337 e. The Hall–Kier alpha value is -1.95. The van der Waals surface area contributed by atoms with E-state index in [1.54, 1.807) is 7.11 Å². The lowest BCUT2D eigenvalue weighted by atomic mass is 10.2. The number of nitrogens with zero attached hydrogens (tertiary/aromatic N) is 1. The summed E-state index contributed by atoms with van der Waals surface area (Å²) in [4.78, 5) is 26.2. The van der Waals surface area contributed by atoms with Gasteiger partial charge in [0.15, 0.2) is 0 Å². The first kappa shape index (κ1) is 14.1. The summed E-state index contributed by atoms with van der Waals surface area (Å²) in [5.74, 6) is -1.39. The van der Waals surface area contributed by atoms with Crippen LogP contribution in [0.2, 0.25) is 0 Å². The lowest BCUT2D eigenvalue weighted by molar-refractivity contribution is 0.0695. The molecule has 1 aromatic rings. The zero-order valence-electron chi connectivity index (χ0n) is 10.3. The molecular weight excluding hydrogens is 236 g/mol. The summed E-state index contributed by atoms with van der Waals surface area (Å²) >= 11 is 0. The highest BCUT2D eigenvalue weighted by atomic mass is 16.5. The Morgan fingerprint density at radius 3 is 2.72 bits per heavy atom. The molecule has 0 spiro atoms. The number of nitrogens with one attached hydrogen (secondary N) is 1. The summed E-state index contributed by atoms with van der Waals surface area (Å²) in [5, 5.41) is 11.5. The SMILES string of the molecule is COCCC(C)NC(=O)c1ccc(C(=O)O)cn1. The van der Waals surface area contributed by atoms with Crippen LogP contribution in [0.5, 0.6) is 0 Å². The van der Waals surface area contributed by atoms with Gasteiger partial charge in [0.05, 0.1) is 5.56 Å². The van der Waals surface area contributed by atoms with Gasteiger partial charge in [-0.2, -0.15) is 0 Å². The number of rotatable bonds is 6. The van der Waals surface area contributed by atoms with Gasteiger partial charge in [0.2, 0.25) is 0 Å². The van der Waals surface area contributed by atoms with Crippen LogP contribution < -0.4 is 5.32 Å². The smallest absolute Gasteiger partial charge is 0.337 e. The minimum absolute atomic E-state index is 0.0293. The number of methoxy groups -OCH3 is 1. The topological polar surface area (TPSA) is 88.5 Å². The summed E-state index contributed by atoms with van der Waals surface area (Å²) in [6.45, 7) is 2.43. The maximum atomic E-state index is 11.7. The van der Waals surface area contributed by atoms with E-state index in [1.807, 2.05) is 6.92 Å². The molecule has 1 aromatic heterocycles. The molecule has 1 atom stereocenters. The molecule has 0 saturated carbocycles. The van der Waals surface area contributed by atoms with Gasteiger partial charge in [-0.25, -0.2) is 4.79 Å². The van der Waals surface area contributed by atoms with Gasteiger partial charge < -0.3 is 15.2 Å². The van der Waals surface area contributed by atoms with Crippen LogP contribution in [0.4, 0.5) is 0 Å². The number of carboxylic acids is 1. The lowest BCUT2D eigenvalue weighted by Crippen LogP contribution is -2.33. The van der Waals surface area contributed by atoms with Crippen LogP contribution in [0.15, 0.2) is 18.3 Å². The molecule has 0 radical (unpaired) electrons. The second-order valence-electron chi connectivity index (χ2n) is 3.89. The standard InChI is InChI=1S/C12H16N2O4/c1-8(5-6-18-2)14-11(15)10-4-3-9(7-13-10)12(16)17/h3-4,7-8H,5-6H2,1-2H3,(H,14,15)(H,16,17). The number of carbonyl (C=O) groups is 2. The average Bonchev–Trinajstić information content (AvgIpc) is 2.36. The molecule has 1 rings (SSSR count). The largest absolute Gasteiger partial charge is 0.478 e. The van der Waals surface area contributed by atoms with Crippen molar-refractivity contribution in [3.05, 3.63) is 29.6 Å². The molecule has 2 N–H and O–H groups in total. The van der Waals surface area contributed by atoms with Crippen LogP contribution in [0.25, 0.3) is 0 Å². The maximum absolute atomic E-state index is 11.7. The fourth-order valence-electron chi connectivity index (χ4n) is 1.32. The molecule has 6 nitrogen and oxygen atoms in total. The molecule has 0 saturated heterocycles. The van der Waals surface area contributed by atoms with E-state index in [2.05, 4.69) is 10.3 Å². The number of carbonyl (C=O) groups excluding carboxylic acids is 1. The Morgan fingerprint density at radius 1 is 1.50 bits per heavy atom. The van der Waals surface area contributed by atoms with Crippen molar-refractivity contribution in [3.63, 3.8) is 0 Å². The van der Waals surface area contributed by atoms with Crippen molar-refractivity contribution < 1.29 is 19.4 Å². The molecule has 0 aromatic carbocycles. The number of hydrogen-bond donors (Lipinski definition) is 2. The molecule has 0 fully saturated rings. The molecule has 6 heteroatoms. The number of ether oxygens (including phenoxy) is 1. The highest BCUT2D eigenvalue weighted by Crippen LogP contribution is 2.01. The van der Waals surface area contributed by atoms with Crippen molar-refractivity contribution in [3.8, 4) is 0 Å². The zero-order valence-corrected chi connectivity index (χ0v) is 10.3. The predicted octanol–water partition coefficient (Wildman–Crippen LogP) is 0.935. The van der Waals surface area contributed by atoms with Gasteiger partial charge in [0.1, 0.15) is 5.69 Å². The molecule has 1 unspecified atom stereocenters. The van der Waals surface area contributed by atoms with Gasteiger partial charge in [-0.3, -0.25) is 9.78 Å². The minimum atomic E-state index is -1.07. The Kier molecular flexibility index (Phi) is 5.26. The van der Waals surface area contributed by atoms with Crippen LogP contribution >= 0.6 is 0 Å². The average molecular weight is 252 g/mol. The van der Waals surface area contributed by atoms with Gasteiger partial charge in [-0.15, -0.1) is 0 Å². The molecule has 0 aliphatic heterocycles. The highest BCUT2D eigenvalue weighted by molar-refractivity contribution is 5.93. The zero-order chi connectivity index (χ0) is 13.5. The third kappa shape index (κ3) is 4.14. The third-order valence-electron chi connectivity index (χ3n) is 2.38. The van der Waals surface area contributed by atoms with Gasteiger partial charge >= 0.3 is 5.97 Å². The Morgan fingerprint density at radius 2 is 2.22 bits per heavy atom. The fraction of sp³-hybridized carbons (Fsp3) is 0.417. The van der Waals surface area contributed by atoms with E-state index in [9.17, 15) is 9.59 Å². The number of aromatic nitrogens is 1. The van der Waals surface area contributed by atoms with E-state index in [-0.39, 0.29) is 23.2 Å². The van der Waals surface area contributed by atoms with E-state index in [0.29, 0.717) is 13.0 Å². The number of carboxylic acid groups (broad SMARTS) is 1. The number of hydrogen-bond acceptors (Lipinski definition) is 4. The van der Waals surface area contributed by atoms with Crippen molar-refractivity contribution in [2.45, 2.75) is 19.4 Å². The first-order chi connectivity index (χ1) is 8.54. The molecule has 18 heavy (non-hydrogen) atoms. The van der Waals surface area contributed by atoms with Crippen molar-refractivity contribution >= 4 is 11.9 Å². The second-order valence-corrected chi connectivity index (χ2v) is 3.89. The van der Waals surface area contributed by atoms with E-state index < -0.39 is 5.97 Å². The predicted molar refractivity (Wildman–Crippen MR) is 64.6 cm³/mol. The number of aromatic carboxylic acids is 1. The number of pyridine rings is 1.